The first-order valence-corrected chi connectivity index (χ1v) is 4.89. The highest BCUT2D eigenvalue weighted by Crippen LogP contribution is 2.36. The summed E-state index contributed by atoms with van der Waals surface area (Å²) < 4.78 is 0. The first-order valence-electron chi connectivity index (χ1n) is 3.90. The van der Waals surface area contributed by atoms with E-state index in [0.717, 1.165) is 18.6 Å². The average molecular weight is 166 g/mol. The number of carbonyl (C=O) groups is 1. The molecule has 0 aromatic heterocycles. The summed E-state index contributed by atoms with van der Waals surface area (Å²) in [6, 6.07) is 0. The van der Waals surface area contributed by atoms with Gasteiger partial charge in [-0.2, -0.15) is 0 Å². The summed E-state index contributed by atoms with van der Waals surface area (Å²) >= 11 is 1.84. The molecule has 2 rings (SSSR count). The topological polar surface area (TPSA) is 17.1 Å². The van der Waals surface area contributed by atoms with Crippen LogP contribution in [0.3, 0.4) is 0 Å². The van der Waals surface area contributed by atoms with Crippen LogP contribution in [0.15, 0.2) is 23.1 Å². The fraction of sp³-hybridized carbons (Fsp3) is 0.444. The van der Waals surface area contributed by atoms with Crippen LogP contribution in [0.25, 0.3) is 0 Å². The lowest BCUT2D eigenvalue weighted by atomic mass is 9.94. The summed E-state index contributed by atoms with van der Waals surface area (Å²) in [6.07, 6.45) is 7.91. The fourth-order valence-corrected chi connectivity index (χ4v) is 2.63. The smallest absolute Gasteiger partial charge is 0.142 e. The molecule has 1 fully saturated rings. The van der Waals surface area contributed by atoms with Gasteiger partial charge in [0.1, 0.15) is 5.78 Å². The van der Waals surface area contributed by atoms with Gasteiger partial charge < -0.3 is 0 Å². The molecule has 2 aliphatic rings. The van der Waals surface area contributed by atoms with Crippen molar-refractivity contribution in [3.8, 4) is 0 Å². The summed E-state index contributed by atoms with van der Waals surface area (Å²) in [7, 11) is 0. The number of hydrogen-bond acceptors (Lipinski definition) is 2. The number of carbonyl (C=O) groups excluding carboxylic acids is 1. The molecule has 0 saturated carbocycles. The molecule has 0 N–H and O–H groups in total. The van der Waals surface area contributed by atoms with E-state index in [2.05, 4.69) is 18.2 Å². The number of fused-ring (bicyclic) bond motifs is 1. The van der Waals surface area contributed by atoms with Gasteiger partial charge in [0.05, 0.1) is 5.92 Å². The van der Waals surface area contributed by atoms with Crippen molar-refractivity contribution in [1.82, 2.24) is 0 Å². The summed E-state index contributed by atoms with van der Waals surface area (Å²) in [5.74, 6) is 1.63. The minimum absolute atomic E-state index is 0.221. The quantitative estimate of drug-likeness (QED) is 0.548. The normalized spacial score (nSPS) is 29.6. The molecule has 1 heterocycles. The molecule has 1 unspecified atom stereocenters. The van der Waals surface area contributed by atoms with Gasteiger partial charge >= 0.3 is 0 Å². The zero-order valence-electron chi connectivity index (χ0n) is 6.25. The number of thioether (sulfide) groups is 1. The molecule has 0 radical (unpaired) electrons. The van der Waals surface area contributed by atoms with Crippen LogP contribution in [0.1, 0.15) is 12.8 Å². The summed E-state index contributed by atoms with van der Waals surface area (Å²) in [4.78, 5) is 12.6. The predicted octanol–water partition coefficient (Wildman–Crippen LogP) is 2.15. The zero-order chi connectivity index (χ0) is 7.68. The molecule has 0 bridgehead atoms. The zero-order valence-corrected chi connectivity index (χ0v) is 7.06. The van der Waals surface area contributed by atoms with Crippen LogP contribution in [0, 0.1) is 5.92 Å². The molecular formula is C9H10OS. The van der Waals surface area contributed by atoms with Crippen LogP contribution in [0.2, 0.25) is 0 Å². The van der Waals surface area contributed by atoms with E-state index in [1.54, 1.807) is 0 Å². The van der Waals surface area contributed by atoms with Crippen LogP contribution in [-0.4, -0.2) is 11.5 Å². The Labute approximate surface area is 70.6 Å². The fourth-order valence-electron chi connectivity index (χ4n) is 1.49. The summed E-state index contributed by atoms with van der Waals surface area (Å²) in [5.41, 5.74) is 0. The minimum atomic E-state index is 0.221. The van der Waals surface area contributed by atoms with Crippen LogP contribution in [-0.2, 0) is 4.79 Å². The maximum absolute atomic E-state index is 11.3. The van der Waals surface area contributed by atoms with Crippen molar-refractivity contribution in [2.75, 3.05) is 5.75 Å². The highest BCUT2D eigenvalue weighted by atomic mass is 32.2. The van der Waals surface area contributed by atoms with Crippen molar-refractivity contribution in [3.05, 3.63) is 23.1 Å². The highest BCUT2D eigenvalue weighted by molar-refractivity contribution is 8.03. The number of hydrogen-bond donors (Lipinski definition) is 0. The van der Waals surface area contributed by atoms with Crippen LogP contribution < -0.4 is 0 Å². The van der Waals surface area contributed by atoms with E-state index in [1.807, 2.05) is 11.8 Å². The number of rotatable bonds is 0. The Morgan fingerprint density at radius 1 is 1.55 bits per heavy atom. The molecule has 0 aromatic carbocycles. The van der Waals surface area contributed by atoms with E-state index < -0.39 is 0 Å². The Morgan fingerprint density at radius 2 is 2.45 bits per heavy atom. The molecule has 1 aliphatic carbocycles. The lowest BCUT2D eigenvalue weighted by Gasteiger charge is -2.24. The molecular weight excluding hydrogens is 156 g/mol. The molecule has 0 aromatic rings. The van der Waals surface area contributed by atoms with E-state index >= 15 is 0 Å². The first kappa shape index (κ1) is 7.17. The lowest BCUT2D eigenvalue weighted by molar-refractivity contribution is -0.121. The molecule has 0 spiro atoms. The molecule has 58 valence electrons. The minimum Gasteiger partial charge on any atom is -0.299 e. The van der Waals surface area contributed by atoms with Gasteiger partial charge in [-0.25, -0.2) is 0 Å². The number of ketones is 1. The Bertz CT molecular complexity index is 240. The Kier molecular flexibility index (Phi) is 1.86. The number of Topliss-reactive ketones (excluding diaryl/α,β-unsaturated/α-hetero) is 1. The third-order valence-corrected chi connectivity index (χ3v) is 3.28. The predicted molar refractivity (Wildman–Crippen MR) is 47.4 cm³/mol. The molecule has 1 saturated heterocycles. The van der Waals surface area contributed by atoms with Crippen molar-refractivity contribution in [3.63, 3.8) is 0 Å². The van der Waals surface area contributed by atoms with Gasteiger partial charge in [0, 0.05) is 12.2 Å². The molecule has 1 aliphatic heterocycles. The molecule has 0 amide bonds. The van der Waals surface area contributed by atoms with Crippen LogP contribution in [0.4, 0.5) is 0 Å². The Hall–Kier alpha value is -0.500. The second-order valence-electron chi connectivity index (χ2n) is 2.85. The van der Waals surface area contributed by atoms with Gasteiger partial charge in [-0.1, -0.05) is 18.2 Å². The van der Waals surface area contributed by atoms with E-state index in [4.69, 9.17) is 0 Å². The van der Waals surface area contributed by atoms with Gasteiger partial charge in [0.25, 0.3) is 0 Å². The molecule has 11 heavy (non-hydrogen) atoms. The summed E-state index contributed by atoms with van der Waals surface area (Å²) in [6.45, 7) is 0. The largest absolute Gasteiger partial charge is 0.299 e. The number of allylic oxidation sites excluding steroid dienone is 4. The van der Waals surface area contributed by atoms with Crippen molar-refractivity contribution in [1.29, 1.82) is 0 Å². The second kappa shape index (κ2) is 2.86. The van der Waals surface area contributed by atoms with Crippen molar-refractivity contribution in [2.45, 2.75) is 12.8 Å². The third-order valence-electron chi connectivity index (χ3n) is 2.12. The monoisotopic (exact) mass is 166 g/mol. The Morgan fingerprint density at radius 3 is 3.27 bits per heavy atom. The maximum atomic E-state index is 11.3. The van der Waals surface area contributed by atoms with Crippen molar-refractivity contribution in [2.24, 2.45) is 5.92 Å². The van der Waals surface area contributed by atoms with Crippen LogP contribution in [0.5, 0.6) is 0 Å². The van der Waals surface area contributed by atoms with Gasteiger partial charge in [-0.05, 0) is 11.3 Å². The first-order chi connectivity index (χ1) is 5.38. The van der Waals surface area contributed by atoms with E-state index in [9.17, 15) is 4.79 Å². The standard InChI is InChI=1S/C9H10OS/c10-8-5-6-11-9-4-2-1-3-7(8)9/h1-2,4,7H,3,5-6H2. The molecule has 2 heteroatoms. The van der Waals surface area contributed by atoms with E-state index in [1.165, 1.54) is 4.91 Å². The molecule has 1 nitrogen and oxygen atoms in total. The average Bonchev–Trinajstić information content (AvgIpc) is 2.06. The van der Waals surface area contributed by atoms with E-state index in [-0.39, 0.29) is 5.92 Å². The van der Waals surface area contributed by atoms with Gasteiger partial charge in [-0.15, -0.1) is 11.8 Å². The van der Waals surface area contributed by atoms with Gasteiger partial charge in [0.2, 0.25) is 0 Å². The molecule has 1 atom stereocenters. The van der Waals surface area contributed by atoms with Gasteiger partial charge in [-0.3, -0.25) is 4.79 Å². The van der Waals surface area contributed by atoms with Crippen LogP contribution >= 0.6 is 11.8 Å². The Balaban J connectivity index is 2.24. The van der Waals surface area contributed by atoms with Crippen molar-refractivity contribution >= 4 is 17.5 Å². The SMILES string of the molecule is O=C1CCSC2=CC=CCC12. The highest BCUT2D eigenvalue weighted by Gasteiger charge is 2.26. The van der Waals surface area contributed by atoms with Gasteiger partial charge in [0.15, 0.2) is 0 Å². The maximum Gasteiger partial charge on any atom is 0.142 e. The second-order valence-corrected chi connectivity index (χ2v) is 4.02. The lowest BCUT2D eigenvalue weighted by Crippen LogP contribution is -2.21. The van der Waals surface area contributed by atoms with E-state index in [0.29, 0.717) is 5.78 Å². The summed E-state index contributed by atoms with van der Waals surface area (Å²) in [5, 5.41) is 0. The van der Waals surface area contributed by atoms with Crippen molar-refractivity contribution < 1.29 is 4.79 Å². The third kappa shape index (κ3) is 1.27.